The maximum Gasteiger partial charge on any atom is 0.411 e. The number of nitriles is 1. The first-order valence-corrected chi connectivity index (χ1v) is 15.6. The Bertz CT molecular complexity index is 2110. The molecule has 248 valence electrons. The van der Waals surface area contributed by atoms with E-state index >= 15 is 0 Å². The number of H-pyrrole nitrogens is 1. The lowest BCUT2D eigenvalue weighted by Crippen LogP contribution is -2.38. The normalized spacial score (nSPS) is 14.4. The number of amides is 1. The second-order valence-corrected chi connectivity index (χ2v) is 11.8. The van der Waals surface area contributed by atoms with Crippen LogP contribution in [-0.4, -0.2) is 46.1 Å². The molecular formula is C37H32F3N7O2. The summed E-state index contributed by atoms with van der Waals surface area (Å²) in [6.07, 6.45) is -1.87. The van der Waals surface area contributed by atoms with E-state index in [0.29, 0.717) is 22.3 Å². The molecule has 6 rings (SSSR count). The number of allylic oxidation sites excluding steroid dienone is 1. The van der Waals surface area contributed by atoms with Crippen LogP contribution >= 0.6 is 0 Å². The Kier molecular flexibility index (Phi) is 9.46. The first-order chi connectivity index (χ1) is 23.6. The molecule has 0 spiro atoms. The molecule has 1 saturated heterocycles. The number of alkyl halides is 3. The van der Waals surface area contributed by atoms with Gasteiger partial charge in [0.1, 0.15) is 11.6 Å². The Labute approximate surface area is 279 Å². The number of pyridine rings is 2. The van der Waals surface area contributed by atoms with Crippen molar-refractivity contribution in [3.05, 3.63) is 119 Å². The van der Waals surface area contributed by atoms with E-state index < -0.39 is 17.7 Å². The molecule has 5 aromatic rings. The van der Waals surface area contributed by atoms with E-state index in [1.807, 2.05) is 36.4 Å². The fraction of sp³-hybridized carbons (Fsp3) is 0.189. The number of fused-ring (bicyclic) bond motifs is 1. The molecule has 9 nitrogen and oxygen atoms in total. The van der Waals surface area contributed by atoms with Gasteiger partial charge in [0.05, 0.1) is 28.0 Å². The third-order valence-electron chi connectivity index (χ3n) is 8.40. The predicted molar refractivity (Wildman–Crippen MR) is 184 cm³/mol. The number of benzene rings is 3. The topological polar surface area (TPSA) is 140 Å². The zero-order valence-corrected chi connectivity index (χ0v) is 26.2. The smallest absolute Gasteiger partial charge is 0.397 e. The molecule has 0 aliphatic carbocycles. The Balaban J connectivity index is 1.09. The molecule has 2 aromatic heterocycles. The fourth-order valence-electron chi connectivity index (χ4n) is 5.92. The number of nitrogens with two attached hydrogens (primary N) is 1. The van der Waals surface area contributed by atoms with E-state index in [1.54, 1.807) is 24.4 Å². The minimum atomic E-state index is -4.79. The summed E-state index contributed by atoms with van der Waals surface area (Å²) in [5, 5.41) is 15.3. The van der Waals surface area contributed by atoms with Crippen LogP contribution in [-0.2, 0) is 11.3 Å². The first-order valence-electron chi connectivity index (χ1n) is 15.6. The average Bonchev–Trinajstić information content (AvgIpc) is 3.09. The van der Waals surface area contributed by atoms with Gasteiger partial charge in [0, 0.05) is 54.8 Å². The number of hydrogen-bond donors (Lipinski definition) is 4. The van der Waals surface area contributed by atoms with Gasteiger partial charge in [0.15, 0.2) is 0 Å². The molecule has 0 atom stereocenters. The van der Waals surface area contributed by atoms with Crippen molar-refractivity contribution in [1.29, 1.82) is 5.26 Å². The SMILES string of the molecule is N#C/C(=C\C(F)(F)F)C(=O)Nc1ccc(N)c(NC2CCN(Cc3ccc(-c4nc5cc[nH]c(=O)c5cc4-c4ccccc4)cc3)CC2)c1. The van der Waals surface area contributed by atoms with Gasteiger partial charge in [-0.1, -0.05) is 54.6 Å². The Morgan fingerprint density at radius 3 is 2.45 bits per heavy atom. The molecule has 0 unspecified atom stereocenters. The summed E-state index contributed by atoms with van der Waals surface area (Å²) in [6.45, 7) is 2.40. The minimum absolute atomic E-state index is 0.0919. The number of carbonyl (C=O) groups excluding carboxylic acids is 1. The number of piperidine rings is 1. The number of rotatable bonds is 8. The highest BCUT2D eigenvalue weighted by atomic mass is 19.4. The highest BCUT2D eigenvalue weighted by Gasteiger charge is 2.27. The Morgan fingerprint density at radius 1 is 1.02 bits per heavy atom. The maximum atomic E-state index is 12.7. The molecule has 3 aromatic carbocycles. The van der Waals surface area contributed by atoms with Gasteiger partial charge < -0.3 is 21.4 Å². The van der Waals surface area contributed by atoms with E-state index in [1.165, 1.54) is 12.1 Å². The van der Waals surface area contributed by atoms with Crippen molar-refractivity contribution in [2.45, 2.75) is 31.6 Å². The summed E-state index contributed by atoms with van der Waals surface area (Å²) in [7, 11) is 0. The van der Waals surface area contributed by atoms with Crippen molar-refractivity contribution < 1.29 is 18.0 Å². The summed E-state index contributed by atoms with van der Waals surface area (Å²) in [5.74, 6) is -1.15. The van der Waals surface area contributed by atoms with Crippen LogP contribution in [0, 0.1) is 11.3 Å². The molecule has 0 radical (unpaired) electrons. The standard InChI is InChI=1S/C37H32F3N7O2/c38-37(39,40)20-26(21-41)35(48)45-28-10-11-31(42)33(18-28)44-27-13-16-47(17-14-27)22-23-6-8-25(9-7-23)34-29(24-4-2-1-3-5-24)19-30-32(46-34)12-15-43-36(30)49/h1-12,15,18-20,27,44H,13-14,16-17,22,42H2,(H,43,49)(H,45,48)/b26-20+. The number of nitrogen functional groups attached to an aromatic ring is 1. The molecule has 49 heavy (non-hydrogen) atoms. The third-order valence-corrected chi connectivity index (χ3v) is 8.40. The van der Waals surface area contributed by atoms with Crippen molar-refractivity contribution in [3.8, 4) is 28.5 Å². The van der Waals surface area contributed by atoms with E-state index in [-0.39, 0.29) is 23.4 Å². The molecule has 1 fully saturated rings. The largest absolute Gasteiger partial charge is 0.411 e. The van der Waals surface area contributed by atoms with Crippen molar-refractivity contribution in [2.24, 2.45) is 0 Å². The maximum absolute atomic E-state index is 12.7. The molecule has 12 heteroatoms. The summed E-state index contributed by atoms with van der Waals surface area (Å²) in [6, 6.07) is 27.8. The Morgan fingerprint density at radius 2 is 1.76 bits per heavy atom. The van der Waals surface area contributed by atoms with Gasteiger partial charge in [-0.15, -0.1) is 0 Å². The van der Waals surface area contributed by atoms with E-state index in [9.17, 15) is 22.8 Å². The number of nitrogens with one attached hydrogen (secondary N) is 3. The van der Waals surface area contributed by atoms with Crippen molar-refractivity contribution in [3.63, 3.8) is 0 Å². The number of carbonyl (C=O) groups is 1. The number of nitrogens with zero attached hydrogens (tertiary/aromatic N) is 3. The van der Waals surface area contributed by atoms with E-state index in [0.717, 1.165) is 60.4 Å². The lowest BCUT2D eigenvalue weighted by molar-refractivity contribution is -0.113. The van der Waals surface area contributed by atoms with Crippen LogP contribution in [0.5, 0.6) is 0 Å². The first kappa shape index (κ1) is 33.0. The summed E-state index contributed by atoms with van der Waals surface area (Å²) < 4.78 is 38.0. The number of anilines is 3. The minimum Gasteiger partial charge on any atom is -0.397 e. The third kappa shape index (κ3) is 7.97. The molecule has 0 saturated carbocycles. The monoisotopic (exact) mass is 663 g/mol. The van der Waals surface area contributed by atoms with Crippen molar-refractivity contribution >= 4 is 33.9 Å². The zero-order chi connectivity index (χ0) is 34.5. The van der Waals surface area contributed by atoms with Crippen LogP contribution in [0.15, 0.2) is 108 Å². The van der Waals surface area contributed by atoms with Crippen molar-refractivity contribution in [1.82, 2.24) is 14.9 Å². The number of aromatic nitrogens is 2. The van der Waals surface area contributed by atoms with Crippen LogP contribution in [0.4, 0.5) is 30.2 Å². The quantitative estimate of drug-likeness (QED) is 0.0808. The predicted octanol–water partition coefficient (Wildman–Crippen LogP) is 6.87. The molecular weight excluding hydrogens is 631 g/mol. The van der Waals surface area contributed by atoms with Gasteiger partial charge in [0.2, 0.25) is 0 Å². The Hall–Kier alpha value is -5.93. The molecule has 1 aliphatic heterocycles. The van der Waals surface area contributed by atoms with Crippen molar-refractivity contribution in [2.75, 3.05) is 29.5 Å². The highest BCUT2D eigenvalue weighted by Crippen LogP contribution is 2.33. The van der Waals surface area contributed by atoms with Crippen LogP contribution in [0.1, 0.15) is 18.4 Å². The van der Waals surface area contributed by atoms with Gasteiger partial charge in [-0.25, -0.2) is 4.98 Å². The molecule has 0 bridgehead atoms. The average molecular weight is 664 g/mol. The lowest BCUT2D eigenvalue weighted by atomic mass is 9.97. The molecule has 5 N–H and O–H groups in total. The summed E-state index contributed by atoms with van der Waals surface area (Å²) >= 11 is 0. The summed E-state index contributed by atoms with van der Waals surface area (Å²) in [4.78, 5) is 34.8. The lowest BCUT2D eigenvalue weighted by Gasteiger charge is -2.33. The van der Waals surface area contributed by atoms with Gasteiger partial charge >= 0.3 is 6.18 Å². The van der Waals surface area contributed by atoms with Crippen LogP contribution in [0.25, 0.3) is 33.3 Å². The van der Waals surface area contributed by atoms with E-state index in [4.69, 9.17) is 16.0 Å². The molecule has 1 amide bonds. The van der Waals surface area contributed by atoms with Crippen LogP contribution in [0.3, 0.4) is 0 Å². The summed E-state index contributed by atoms with van der Waals surface area (Å²) in [5.41, 5.74) is 11.5. The number of halogens is 3. The fourth-order valence-corrected chi connectivity index (χ4v) is 5.92. The molecule has 1 aliphatic rings. The second-order valence-electron chi connectivity index (χ2n) is 11.8. The van der Waals surface area contributed by atoms with Gasteiger partial charge in [-0.2, -0.15) is 18.4 Å². The van der Waals surface area contributed by atoms with Gasteiger partial charge in [0.25, 0.3) is 11.5 Å². The number of aromatic amines is 1. The highest BCUT2D eigenvalue weighted by molar-refractivity contribution is 6.07. The zero-order valence-electron chi connectivity index (χ0n) is 26.2. The van der Waals surface area contributed by atoms with Crippen LogP contribution < -0.4 is 21.9 Å². The number of hydrogen-bond acceptors (Lipinski definition) is 7. The van der Waals surface area contributed by atoms with Gasteiger partial charge in [-0.05, 0) is 54.3 Å². The second kappa shape index (κ2) is 14.0. The van der Waals surface area contributed by atoms with Gasteiger partial charge in [-0.3, -0.25) is 14.5 Å². The number of likely N-dealkylation sites (tertiary alicyclic amines) is 1. The van der Waals surface area contributed by atoms with Crippen LogP contribution in [0.2, 0.25) is 0 Å². The van der Waals surface area contributed by atoms with E-state index in [2.05, 4.69) is 44.8 Å². The molecule has 3 heterocycles.